The molecule has 0 aliphatic heterocycles. The van der Waals surface area contributed by atoms with Gasteiger partial charge in [-0.05, 0) is 24.1 Å². The summed E-state index contributed by atoms with van der Waals surface area (Å²) < 4.78 is 4.87. The Bertz CT molecular complexity index is 457. The lowest BCUT2D eigenvalue weighted by Gasteiger charge is -2.00. The zero-order valence-electron chi connectivity index (χ0n) is 9.14. The Labute approximate surface area is 94.1 Å². The monoisotopic (exact) mass is 215 g/mol. The zero-order chi connectivity index (χ0) is 11.4. The number of aryl methyl sites for hydroxylation is 1. The molecule has 0 N–H and O–H groups in total. The third-order valence-electron chi connectivity index (χ3n) is 2.48. The third-order valence-corrected chi connectivity index (χ3v) is 2.48. The van der Waals surface area contributed by atoms with E-state index in [1.165, 1.54) is 18.1 Å². The van der Waals surface area contributed by atoms with E-state index in [9.17, 15) is 4.79 Å². The zero-order valence-corrected chi connectivity index (χ0v) is 9.14. The van der Waals surface area contributed by atoms with Gasteiger partial charge in [0.1, 0.15) is 6.26 Å². The number of furan rings is 1. The fourth-order valence-electron chi connectivity index (χ4n) is 1.46. The molecule has 16 heavy (non-hydrogen) atoms. The van der Waals surface area contributed by atoms with Crippen LogP contribution in [0.4, 0.5) is 0 Å². The first-order valence-electron chi connectivity index (χ1n) is 5.29. The Balaban J connectivity index is 2.06. The van der Waals surface area contributed by atoms with E-state index in [1.54, 1.807) is 6.07 Å². The second-order valence-electron chi connectivity index (χ2n) is 3.62. The SMILES string of the molecule is CCc1ccc(CC(=O)c2ccoc2)nc1. The van der Waals surface area contributed by atoms with Crippen molar-refractivity contribution in [2.75, 3.05) is 0 Å². The number of carbonyl (C=O) groups is 1. The van der Waals surface area contributed by atoms with E-state index in [2.05, 4.69) is 11.9 Å². The summed E-state index contributed by atoms with van der Waals surface area (Å²) in [4.78, 5) is 16.0. The van der Waals surface area contributed by atoms with Gasteiger partial charge in [-0.25, -0.2) is 0 Å². The molecule has 82 valence electrons. The molecule has 0 aromatic carbocycles. The lowest BCUT2D eigenvalue weighted by Crippen LogP contribution is -2.03. The molecule has 3 nitrogen and oxygen atoms in total. The van der Waals surface area contributed by atoms with Crippen molar-refractivity contribution < 1.29 is 9.21 Å². The van der Waals surface area contributed by atoms with Gasteiger partial charge in [0, 0.05) is 11.9 Å². The van der Waals surface area contributed by atoms with Gasteiger partial charge in [0.2, 0.25) is 0 Å². The van der Waals surface area contributed by atoms with E-state index in [-0.39, 0.29) is 5.78 Å². The number of nitrogens with zero attached hydrogens (tertiary/aromatic N) is 1. The predicted octanol–water partition coefficient (Wildman–Crippen LogP) is 2.66. The Morgan fingerprint density at radius 2 is 2.25 bits per heavy atom. The van der Waals surface area contributed by atoms with E-state index in [0.717, 1.165) is 12.1 Å². The Kier molecular flexibility index (Phi) is 3.15. The van der Waals surface area contributed by atoms with Gasteiger partial charge < -0.3 is 4.42 Å². The number of ketones is 1. The molecule has 0 bridgehead atoms. The molecule has 0 fully saturated rings. The van der Waals surface area contributed by atoms with Crippen LogP contribution in [0.5, 0.6) is 0 Å². The smallest absolute Gasteiger partial charge is 0.172 e. The summed E-state index contributed by atoms with van der Waals surface area (Å²) in [5.74, 6) is 0.0329. The van der Waals surface area contributed by atoms with Gasteiger partial charge in [-0.15, -0.1) is 0 Å². The first-order chi connectivity index (χ1) is 7.79. The van der Waals surface area contributed by atoms with Gasteiger partial charge in [0.25, 0.3) is 0 Å². The van der Waals surface area contributed by atoms with Crippen molar-refractivity contribution in [3.05, 3.63) is 53.7 Å². The molecule has 2 aromatic rings. The molecular formula is C13H13NO2. The number of Topliss-reactive ketones (excluding diaryl/α,β-unsaturated/α-hetero) is 1. The second kappa shape index (κ2) is 4.75. The highest BCUT2D eigenvalue weighted by atomic mass is 16.3. The van der Waals surface area contributed by atoms with Crippen LogP contribution in [-0.2, 0) is 12.8 Å². The molecule has 0 amide bonds. The summed E-state index contributed by atoms with van der Waals surface area (Å²) in [6, 6.07) is 5.57. The van der Waals surface area contributed by atoms with E-state index in [4.69, 9.17) is 4.42 Å². The summed E-state index contributed by atoms with van der Waals surface area (Å²) >= 11 is 0. The summed E-state index contributed by atoms with van der Waals surface area (Å²) in [6.45, 7) is 2.08. The lowest BCUT2D eigenvalue weighted by atomic mass is 10.1. The molecule has 0 atom stereocenters. The maximum absolute atomic E-state index is 11.7. The lowest BCUT2D eigenvalue weighted by molar-refractivity contribution is 0.0991. The van der Waals surface area contributed by atoms with Crippen LogP contribution < -0.4 is 0 Å². The van der Waals surface area contributed by atoms with Gasteiger partial charge in [0.15, 0.2) is 5.78 Å². The normalized spacial score (nSPS) is 10.3. The standard InChI is InChI=1S/C13H13NO2/c1-2-10-3-4-12(14-8-10)7-13(15)11-5-6-16-9-11/h3-6,8-9H,2,7H2,1H3. The quantitative estimate of drug-likeness (QED) is 0.736. The van der Waals surface area contributed by atoms with E-state index in [1.807, 2.05) is 18.3 Å². The van der Waals surface area contributed by atoms with Crippen molar-refractivity contribution in [1.29, 1.82) is 0 Å². The Hall–Kier alpha value is -1.90. The molecule has 2 heterocycles. The van der Waals surface area contributed by atoms with Crippen molar-refractivity contribution in [2.45, 2.75) is 19.8 Å². The number of hydrogen-bond acceptors (Lipinski definition) is 3. The van der Waals surface area contributed by atoms with E-state index >= 15 is 0 Å². The fourth-order valence-corrected chi connectivity index (χ4v) is 1.46. The molecule has 0 saturated carbocycles. The van der Waals surface area contributed by atoms with Crippen LogP contribution in [0.3, 0.4) is 0 Å². The van der Waals surface area contributed by atoms with Crippen molar-refractivity contribution in [3.63, 3.8) is 0 Å². The molecule has 2 rings (SSSR count). The number of hydrogen-bond donors (Lipinski definition) is 0. The maximum atomic E-state index is 11.7. The van der Waals surface area contributed by atoms with Crippen molar-refractivity contribution in [2.24, 2.45) is 0 Å². The largest absolute Gasteiger partial charge is 0.472 e. The summed E-state index contributed by atoms with van der Waals surface area (Å²) in [7, 11) is 0. The number of carbonyl (C=O) groups excluding carboxylic acids is 1. The van der Waals surface area contributed by atoms with E-state index in [0.29, 0.717) is 12.0 Å². The van der Waals surface area contributed by atoms with Crippen LogP contribution in [0.25, 0.3) is 0 Å². The molecule has 0 aliphatic rings. The van der Waals surface area contributed by atoms with Crippen molar-refractivity contribution >= 4 is 5.78 Å². The second-order valence-corrected chi connectivity index (χ2v) is 3.62. The first kappa shape index (κ1) is 10.6. The van der Waals surface area contributed by atoms with Gasteiger partial charge in [-0.1, -0.05) is 13.0 Å². The van der Waals surface area contributed by atoms with Gasteiger partial charge in [0.05, 0.1) is 18.2 Å². The van der Waals surface area contributed by atoms with Crippen LogP contribution >= 0.6 is 0 Å². The van der Waals surface area contributed by atoms with Gasteiger partial charge in [-0.2, -0.15) is 0 Å². The molecule has 0 unspecified atom stereocenters. The minimum atomic E-state index is 0.0329. The highest BCUT2D eigenvalue weighted by Gasteiger charge is 2.08. The maximum Gasteiger partial charge on any atom is 0.172 e. The highest BCUT2D eigenvalue weighted by Crippen LogP contribution is 2.07. The molecule has 3 heteroatoms. The third kappa shape index (κ3) is 2.37. The molecule has 0 radical (unpaired) electrons. The number of pyridine rings is 1. The predicted molar refractivity (Wildman–Crippen MR) is 60.4 cm³/mol. The number of rotatable bonds is 4. The Morgan fingerprint density at radius 1 is 1.38 bits per heavy atom. The van der Waals surface area contributed by atoms with Gasteiger partial charge >= 0.3 is 0 Å². The first-order valence-corrected chi connectivity index (χ1v) is 5.29. The topological polar surface area (TPSA) is 43.1 Å². The van der Waals surface area contributed by atoms with Crippen LogP contribution in [0.2, 0.25) is 0 Å². The van der Waals surface area contributed by atoms with Crippen LogP contribution in [0.15, 0.2) is 41.3 Å². The van der Waals surface area contributed by atoms with Crippen molar-refractivity contribution in [1.82, 2.24) is 4.98 Å². The average Bonchev–Trinajstić information content (AvgIpc) is 2.83. The Morgan fingerprint density at radius 3 is 2.81 bits per heavy atom. The molecule has 0 spiro atoms. The number of aromatic nitrogens is 1. The van der Waals surface area contributed by atoms with Crippen molar-refractivity contribution in [3.8, 4) is 0 Å². The van der Waals surface area contributed by atoms with Crippen LogP contribution in [0.1, 0.15) is 28.5 Å². The van der Waals surface area contributed by atoms with Crippen LogP contribution in [0, 0.1) is 0 Å². The summed E-state index contributed by atoms with van der Waals surface area (Å²) in [5, 5.41) is 0. The molecule has 2 aromatic heterocycles. The summed E-state index contributed by atoms with van der Waals surface area (Å²) in [6.07, 6.45) is 6.06. The van der Waals surface area contributed by atoms with E-state index < -0.39 is 0 Å². The van der Waals surface area contributed by atoms with Crippen LogP contribution in [-0.4, -0.2) is 10.8 Å². The minimum absolute atomic E-state index is 0.0329. The summed E-state index contributed by atoms with van der Waals surface area (Å²) in [5.41, 5.74) is 2.57. The molecule has 0 aliphatic carbocycles. The highest BCUT2D eigenvalue weighted by molar-refractivity contribution is 5.96. The van der Waals surface area contributed by atoms with Gasteiger partial charge in [-0.3, -0.25) is 9.78 Å². The average molecular weight is 215 g/mol. The molecule has 0 saturated heterocycles. The molecular weight excluding hydrogens is 202 g/mol. The minimum Gasteiger partial charge on any atom is -0.472 e. The fraction of sp³-hybridized carbons (Fsp3) is 0.231.